The smallest absolute Gasteiger partial charge is 0.238 e. The number of nitrogens with one attached hydrogen (secondary N) is 1. The highest BCUT2D eigenvalue weighted by atomic mass is 19.1. The van der Waals surface area contributed by atoms with E-state index in [4.69, 9.17) is 14.2 Å². The number of anilines is 1. The number of ether oxygens (including phenoxy) is 3. The molecule has 2 aromatic carbocycles. The van der Waals surface area contributed by atoms with Crippen LogP contribution in [-0.4, -0.2) is 51.8 Å². The lowest BCUT2D eigenvalue weighted by Gasteiger charge is -2.17. The van der Waals surface area contributed by atoms with Gasteiger partial charge in [-0.05, 0) is 19.2 Å². The van der Waals surface area contributed by atoms with Gasteiger partial charge in [-0.1, -0.05) is 6.07 Å². The van der Waals surface area contributed by atoms with Gasteiger partial charge in [-0.3, -0.25) is 9.69 Å². The molecule has 0 saturated heterocycles. The third-order valence-electron chi connectivity index (χ3n) is 3.59. The summed E-state index contributed by atoms with van der Waals surface area (Å²) in [5, 5.41) is 2.81. The molecule has 140 valence electrons. The van der Waals surface area contributed by atoms with E-state index >= 15 is 0 Å². The highest BCUT2D eigenvalue weighted by molar-refractivity contribution is 5.92. The molecule has 0 aromatic heterocycles. The molecule has 0 radical (unpaired) electrons. The van der Waals surface area contributed by atoms with Crippen molar-refractivity contribution in [1.82, 2.24) is 4.90 Å². The Balaban J connectivity index is 1.79. The van der Waals surface area contributed by atoms with Crippen molar-refractivity contribution in [2.24, 2.45) is 0 Å². The van der Waals surface area contributed by atoms with Gasteiger partial charge in [0.05, 0.1) is 20.8 Å². The number of benzene rings is 2. The predicted octanol–water partition coefficient (Wildman–Crippen LogP) is 2.79. The number of methoxy groups -OCH3 is 2. The van der Waals surface area contributed by atoms with Gasteiger partial charge in [-0.15, -0.1) is 0 Å². The van der Waals surface area contributed by atoms with Gasteiger partial charge in [0.25, 0.3) is 0 Å². The lowest BCUT2D eigenvalue weighted by molar-refractivity contribution is -0.117. The largest absolute Gasteiger partial charge is 0.497 e. The van der Waals surface area contributed by atoms with Gasteiger partial charge in [0, 0.05) is 36.5 Å². The third-order valence-corrected chi connectivity index (χ3v) is 3.59. The van der Waals surface area contributed by atoms with E-state index in [2.05, 4.69) is 5.32 Å². The van der Waals surface area contributed by atoms with E-state index in [0.29, 0.717) is 36.1 Å². The molecule has 1 amide bonds. The van der Waals surface area contributed by atoms with Gasteiger partial charge >= 0.3 is 0 Å². The topological polar surface area (TPSA) is 60.0 Å². The van der Waals surface area contributed by atoms with Crippen LogP contribution in [0.4, 0.5) is 10.1 Å². The second-order valence-electron chi connectivity index (χ2n) is 5.69. The number of halogens is 1. The number of rotatable bonds is 9. The van der Waals surface area contributed by atoms with Crippen molar-refractivity contribution in [3.05, 3.63) is 48.3 Å². The number of amides is 1. The second kappa shape index (κ2) is 9.62. The molecule has 2 rings (SSSR count). The molecule has 0 atom stereocenters. The Bertz CT molecular complexity index is 717. The molecule has 7 heteroatoms. The Morgan fingerprint density at radius 2 is 1.77 bits per heavy atom. The van der Waals surface area contributed by atoms with Crippen LogP contribution in [0.15, 0.2) is 42.5 Å². The fourth-order valence-electron chi connectivity index (χ4n) is 2.28. The summed E-state index contributed by atoms with van der Waals surface area (Å²) in [7, 11) is 4.90. The summed E-state index contributed by atoms with van der Waals surface area (Å²) in [5.41, 5.74) is 0.593. The van der Waals surface area contributed by atoms with Crippen molar-refractivity contribution >= 4 is 11.6 Å². The van der Waals surface area contributed by atoms with Crippen LogP contribution in [-0.2, 0) is 4.79 Å². The molecule has 0 fully saturated rings. The molecule has 2 aromatic rings. The summed E-state index contributed by atoms with van der Waals surface area (Å²) >= 11 is 0. The number of carbonyl (C=O) groups is 1. The van der Waals surface area contributed by atoms with Crippen molar-refractivity contribution in [1.29, 1.82) is 0 Å². The molecule has 0 spiro atoms. The molecule has 0 heterocycles. The summed E-state index contributed by atoms with van der Waals surface area (Å²) in [5.74, 6) is 1.14. The first kappa shape index (κ1) is 19.5. The molecule has 0 aliphatic rings. The summed E-state index contributed by atoms with van der Waals surface area (Å²) in [6.07, 6.45) is 0. The molecule has 0 saturated carbocycles. The molecule has 6 nitrogen and oxygen atoms in total. The normalized spacial score (nSPS) is 10.5. The van der Waals surface area contributed by atoms with Gasteiger partial charge in [0.1, 0.15) is 29.7 Å². The Morgan fingerprint density at radius 3 is 2.38 bits per heavy atom. The van der Waals surface area contributed by atoms with E-state index in [-0.39, 0.29) is 18.3 Å². The predicted molar refractivity (Wildman–Crippen MR) is 97.6 cm³/mol. The third kappa shape index (κ3) is 6.25. The summed E-state index contributed by atoms with van der Waals surface area (Å²) in [6, 6.07) is 11.1. The molecule has 0 unspecified atom stereocenters. The van der Waals surface area contributed by atoms with E-state index in [9.17, 15) is 9.18 Å². The Hall–Kier alpha value is -2.80. The van der Waals surface area contributed by atoms with Gasteiger partial charge in [0.2, 0.25) is 5.91 Å². The fourth-order valence-corrected chi connectivity index (χ4v) is 2.28. The van der Waals surface area contributed by atoms with E-state index in [1.807, 2.05) is 4.90 Å². The van der Waals surface area contributed by atoms with Crippen molar-refractivity contribution in [2.45, 2.75) is 0 Å². The number of hydrogen-bond acceptors (Lipinski definition) is 5. The first-order valence-electron chi connectivity index (χ1n) is 8.10. The minimum atomic E-state index is -0.344. The average Bonchev–Trinajstić information content (AvgIpc) is 2.61. The summed E-state index contributed by atoms with van der Waals surface area (Å²) in [4.78, 5) is 14.0. The molecular weight excluding hydrogens is 339 g/mol. The van der Waals surface area contributed by atoms with Gasteiger partial charge < -0.3 is 19.5 Å². The lowest BCUT2D eigenvalue weighted by atomic mass is 10.2. The fraction of sp³-hybridized carbons (Fsp3) is 0.316. The quantitative estimate of drug-likeness (QED) is 0.743. The van der Waals surface area contributed by atoms with Crippen LogP contribution in [0.2, 0.25) is 0 Å². The SMILES string of the molecule is COc1cc(NC(=O)CN(C)CCOc2cccc(F)c2)cc(OC)c1. The number of carbonyl (C=O) groups excluding carboxylic acids is 1. The van der Waals surface area contributed by atoms with E-state index in [1.54, 1.807) is 51.6 Å². The van der Waals surface area contributed by atoms with Crippen LogP contribution in [0, 0.1) is 5.82 Å². The average molecular weight is 362 g/mol. The number of hydrogen-bond donors (Lipinski definition) is 1. The molecule has 26 heavy (non-hydrogen) atoms. The molecule has 1 N–H and O–H groups in total. The maximum absolute atomic E-state index is 13.1. The van der Waals surface area contributed by atoms with Crippen LogP contribution < -0.4 is 19.5 Å². The Labute approximate surface area is 152 Å². The van der Waals surface area contributed by atoms with E-state index < -0.39 is 0 Å². The maximum Gasteiger partial charge on any atom is 0.238 e. The number of nitrogens with zero attached hydrogens (tertiary/aromatic N) is 1. The van der Waals surface area contributed by atoms with Crippen molar-refractivity contribution in [2.75, 3.05) is 46.3 Å². The standard InChI is InChI=1S/C19H23FN2O4/c1-22(7-8-26-16-6-4-5-14(20)9-16)13-19(23)21-15-10-17(24-2)12-18(11-15)25-3/h4-6,9-12H,7-8,13H2,1-3H3,(H,21,23). The van der Waals surface area contributed by atoms with Gasteiger partial charge in [-0.2, -0.15) is 0 Å². The first-order valence-corrected chi connectivity index (χ1v) is 8.10. The van der Waals surface area contributed by atoms with Crippen LogP contribution in [0.25, 0.3) is 0 Å². The van der Waals surface area contributed by atoms with Gasteiger partial charge in [0.15, 0.2) is 0 Å². The molecule has 0 bridgehead atoms. The summed E-state index contributed by atoms with van der Waals surface area (Å²) in [6.45, 7) is 1.05. The van der Waals surface area contributed by atoms with Crippen LogP contribution in [0.1, 0.15) is 0 Å². The molecule has 0 aliphatic heterocycles. The van der Waals surface area contributed by atoms with Crippen LogP contribution in [0.3, 0.4) is 0 Å². The lowest BCUT2D eigenvalue weighted by Crippen LogP contribution is -2.33. The molecular formula is C19H23FN2O4. The van der Waals surface area contributed by atoms with Crippen LogP contribution >= 0.6 is 0 Å². The highest BCUT2D eigenvalue weighted by Crippen LogP contribution is 2.25. The van der Waals surface area contributed by atoms with Crippen molar-refractivity contribution < 1.29 is 23.4 Å². The zero-order valence-corrected chi connectivity index (χ0v) is 15.1. The van der Waals surface area contributed by atoms with Crippen molar-refractivity contribution in [3.63, 3.8) is 0 Å². The van der Waals surface area contributed by atoms with E-state index in [1.165, 1.54) is 12.1 Å². The maximum atomic E-state index is 13.1. The minimum absolute atomic E-state index is 0.173. The van der Waals surface area contributed by atoms with E-state index in [0.717, 1.165) is 0 Å². The minimum Gasteiger partial charge on any atom is -0.497 e. The Kier molecular flexibility index (Phi) is 7.23. The monoisotopic (exact) mass is 362 g/mol. The van der Waals surface area contributed by atoms with Crippen molar-refractivity contribution in [3.8, 4) is 17.2 Å². The zero-order valence-electron chi connectivity index (χ0n) is 15.1. The zero-order chi connectivity index (χ0) is 18.9. The van der Waals surface area contributed by atoms with Crippen LogP contribution in [0.5, 0.6) is 17.2 Å². The molecule has 0 aliphatic carbocycles. The number of likely N-dealkylation sites (N-methyl/N-ethyl adjacent to an activating group) is 1. The highest BCUT2D eigenvalue weighted by Gasteiger charge is 2.09. The van der Waals surface area contributed by atoms with Gasteiger partial charge in [-0.25, -0.2) is 4.39 Å². The second-order valence-corrected chi connectivity index (χ2v) is 5.69. The Morgan fingerprint density at radius 1 is 1.08 bits per heavy atom. The summed E-state index contributed by atoms with van der Waals surface area (Å²) < 4.78 is 28.9. The first-order chi connectivity index (χ1) is 12.5.